The second kappa shape index (κ2) is 8.09. The highest BCUT2D eigenvalue weighted by Gasteiger charge is 2.51. The minimum absolute atomic E-state index is 0.0275. The highest BCUT2D eigenvalue weighted by molar-refractivity contribution is 6.74. The van der Waals surface area contributed by atoms with Crippen molar-refractivity contribution in [3.8, 4) is 0 Å². The fourth-order valence-corrected chi connectivity index (χ4v) is 4.05. The number of hydrogen-bond acceptors (Lipinski definition) is 7. The highest BCUT2D eigenvalue weighted by atomic mass is 28.4. The average molecular weight is 400 g/mol. The summed E-state index contributed by atoms with van der Waals surface area (Å²) in [5.74, 6) is 0. The number of methoxy groups -OCH3 is 1. The van der Waals surface area contributed by atoms with Crippen molar-refractivity contribution in [1.82, 2.24) is 9.55 Å². The Kier molecular flexibility index (Phi) is 6.46. The Hall–Kier alpha value is -1.75. The van der Waals surface area contributed by atoms with E-state index in [9.17, 15) is 9.59 Å². The summed E-state index contributed by atoms with van der Waals surface area (Å²) in [5, 5.41) is 3.40. The third kappa shape index (κ3) is 4.57. The van der Waals surface area contributed by atoms with Crippen molar-refractivity contribution in [3.63, 3.8) is 0 Å². The third-order valence-electron chi connectivity index (χ3n) is 5.25. The van der Waals surface area contributed by atoms with E-state index in [1.165, 1.54) is 23.9 Å². The molecular formula is C17H29N3O6Si. The van der Waals surface area contributed by atoms with Crippen LogP contribution >= 0.6 is 0 Å². The van der Waals surface area contributed by atoms with Crippen LogP contribution < -0.4 is 11.2 Å². The predicted molar refractivity (Wildman–Crippen MR) is 104 cm³/mol. The van der Waals surface area contributed by atoms with Crippen molar-refractivity contribution in [2.75, 3.05) is 13.7 Å². The first-order valence-corrected chi connectivity index (χ1v) is 11.7. The molecule has 1 fully saturated rings. The molecule has 0 spiro atoms. The summed E-state index contributed by atoms with van der Waals surface area (Å²) in [6.45, 7) is 14.1. The molecule has 1 aromatic heterocycles. The Morgan fingerprint density at radius 1 is 1.33 bits per heavy atom. The van der Waals surface area contributed by atoms with Gasteiger partial charge >= 0.3 is 5.69 Å². The molecule has 27 heavy (non-hydrogen) atoms. The van der Waals surface area contributed by atoms with E-state index in [0.29, 0.717) is 0 Å². The highest BCUT2D eigenvalue weighted by Crippen LogP contribution is 2.41. The van der Waals surface area contributed by atoms with Gasteiger partial charge < -0.3 is 18.7 Å². The standard InChI is InChI=1S/C17H29N3O6Si/c1-17(2,3)27(6,7)26-13-11(10-24-18-4)25-15(14(13)23-5)20-9-8-12(21)19-16(20)22/h8-9,11,13-15H,4,10H2,1-3,5-7H3,(H,19,21,22)/t11-,13?,14?,15-/m1/s1. The van der Waals surface area contributed by atoms with Gasteiger partial charge in [-0.15, -0.1) is 5.16 Å². The zero-order valence-corrected chi connectivity index (χ0v) is 17.7. The predicted octanol–water partition coefficient (Wildman–Crippen LogP) is 1.47. The molecule has 1 N–H and O–H groups in total. The minimum Gasteiger partial charge on any atom is -0.408 e. The van der Waals surface area contributed by atoms with Crippen LogP contribution in [0.15, 0.2) is 27.0 Å². The summed E-state index contributed by atoms with van der Waals surface area (Å²) in [6, 6.07) is 1.26. The van der Waals surface area contributed by atoms with Gasteiger partial charge in [0.1, 0.15) is 24.9 Å². The summed E-state index contributed by atoms with van der Waals surface area (Å²) in [4.78, 5) is 30.9. The first-order chi connectivity index (χ1) is 12.5. The van der Waals surface area contributed by atoms with Crippen LogP contribution in [0.2, 0.25) is 18.1 Å². The first kappa shape index (κ1) is 21.5. The number of ether oxygens (including phenoxy) is 2. The largest absolute Gasteiger partial charge is 0.408 e. The minimum atomic E-state index is -2.17. The maximum Gasteiger partial charge on any atom is 0.330 e. The van der Waals surface area contributed by atoms with Crippen molar-refractivity contribution in [1.29, 1.82) is 0 Å². The number of aromatic nitrogens is 2. The number of rotatable bonds is 7. The lowest BCUT2D eigenvalue weighted by molar-refractivity contribution is -0.0713. The third-order valence-corrected chi connectivity index (χ3v) is 9.72. The molecular weight excluding hydrogens is 370 g/mol. The molecule has 4 atom stereocenters. The molecule has 1 aliphatic heterocycles. The summed E-state index contributed by atoms with van der Waals surface area (Å²) >= 11 is 0. The van der Waals surface area contributed by atoms with Gasteiger partial charge in [0.2, 0.25) is 0 Å². The Morgan fingerprint density at radius 3 is 2.52 bits per heavy atom. The Labute approximate surface area is 159 Å². The zero-order valence-electron chi connectivity index (χ0n) is 16.7. The van der Waals surface area contributed by atoms with Gasteiger partial charge in [-0.1, -0.05) is 20.8 Å². The molecule has 10 heteroatoms. The molecule has 0 bridgehead atoms. The maximum absolute atomic E-state index is 12.2. The normalized spacial score (nSPS) is 26.1. The number of hydrogen-bond donors (Lipinski definition) is 1. The molecule has 2 heterocycles. The van der Waals surface area contributed by atoms with Gasteiger partial charge in [0.25, 0.3) is 5.56 Å². The van der Waals surface area contributed by atoms with Crippen molar-refractivity contribution in [2.24, 2.45) is 5.16 Å². The van der Waals surface area contributed by atoms with Crippen molar-refractivity contribution < 1.29 is 18.7 Å². The lowest BCUT2D eigenvalue weighted by atomic mass is 10.1. The smallest absolute Gasteiger partial charge is 0.330 e. The average Bonchev–Trinajstić information content (AvgIpc) is 2.88. The molecule has 1 aliphatic rings. The molecule has 9 nitrogen and oxygen atoms in total. The molecule has 1 aromatic rings. The van der Waals surface area contributed by atoms with Crippen molar-refractivity contribution in [3.05, 3.63) is 33.1 Å². The molecule has 0 radical (unpaired) electrons. The second-order valence-electron chi connectivity index (χ2n) is 8.05. The fourth-order valence-electron chi connectivity index (χ4n) is 2.73. The van der Waals surface area contributed by atoms with Crippen LogP contribution in [0, 0.1) is 0 Å². The molecule has 0 saturated carbocycles. The topological polar surface area (TPSA) is 104 Å². The lowest BCUT2D eigenvalue weighted by Gasteiger charge is -2.40. The molecule has 0 aliphatic carbocycles. The van der Waals surface area contributed by atoms with Crippen LogP contribution in [0.1, 0.15) is 27.0 Å². The van der Waals surface area contributed by atoms with Crippen LogP contribution in [-0.2, 0) is 18.7 Å². The number of H-pyrrole nitrogens is 1. The monoisotopic (exact) mass is 399 g/mol. The number of nitrogens with zero attached hydrogens (tertiary/aromatic N) is 2. The SMILES string of the molecule is C=NOC[C@H]1O[C@@H](n2ccc(=O)[nH]c2=O)C(OC)C1O[Si](C)(C)C(C)(C)C. The molecule has 152 valence electrons. The van der Waals surface area contributed by atoms with Crippen LogP contribution in [0.25, 0.3) is 0 Å². The summed E-state index contributed by atoms with van der Waals surface area (Å²) in [7, 11) is -0.633. The van der Waals surface area contributed by atoms with E-state index in [-0.39, 0.29) is 11.6 Å². The quantitative estimate of drug-likeness (QED) is 0.423. The lowest BCUT2D eigenvalue weighted by Crippen LogP contribution is -2.50. The Balaban J connectivity index is 2.40. The maximum atomic E-state index is 12.2. The molecule has 1 saturated heterocycles. The summed E-state index contributed by atoms with van der Waals surface area (Å²) in [5.41, 5.74) is -1.06. The summed E-state index contributed by atoms with van der Waals surface area (Å²) < 4.78 is 19.6. The van der Waals surface area contributed by atoms with E-state index in [4.69, 9.17) is 18.7 Å². The Morgan fingerprint density at radius 2 is 2.00 bits per heavy atom. The van der Waals surface area contributed by atoms with Crippen LogP contribution in [0.4, 0.5) is 0 Å². The van der Waals surface area contributed by atoms with Gasteiger partial charge in [0.15, 0.2) is 14.5 Å². The molecule has 2 unspecified atom stereocenters. The van der Waals surface area contributed by atoms with Gasteiger partial charge in [0, 0.05) is 26.1 Å². The fraction of sp³-hybridized carbons (Fsp3) is 0.706. The summed E-state index contributed by atoms with van der Waals surface area (Å²) in [6.07, 6.45) is -0.940. The van der Waals surface area contributed by atoms with Crippen molar-refractivity contribution in [2.45, 2.75) is 63.4 Å². The van der Waals surface area contributed by atoms with Gasteiger partial charge in [-0.25, -0.2) is 4.79 Å². The van der Waals surface area contributed by atoms with E-state index in [1.807, 2.05) is 0 Å². The van der Waals surface area contributed by atoms with Crippen LogP contribution in [-0.4, -0.2) is 56.6 Å². The van der Waals surface area contributed by atoms with E-state index in [1.54, 1.807) is 0 Å². The van der Waals surface area contributed by atoms with Crippen LogP contribution in [0.3, 0.4) is 0 Å². The number of oxime groups is 1. The first-order valence-electron chi connectivity index (χ1n) is 8.77. The number of aromatic amines is 1. The second-order valence-corrected chi connectivity index (χ2v) is 12.8. The van der Waals surface area contributed by atoms with E-state index in [0.717, 1.165) is 0 Å². The van der Waals surface area contributed by atoms with Crippen molar-refractivity contribution >= 4 is 15.0 Å². The van der Waals surface area contributed by atoms with E-state index < -0.39 is 44.1 Å². The van der Waals surface area contributed by atoms with E-state index in [2.05, 4.69) is 50.7 Å². The zero-order chi connectivity index (χ0) is 20.4. The Bertz CT molecular complexity index is 769. The molecule has 0 aromatic carbocycles. The van der Waals surface area contributed by atoms with Gasteiger partial charge in [-0.2, -0.15) is 0 Å². The van der Waals surface area contributed by atoms with Gasteiger partial charge in [-0.3, -0.25) is 14.3 Å². The molecule has 2 rings (SSSR count). The van der Waals surface area contributed by atoms with Gasteiger partial charge in [-0.05, 0) is 18.1 Å². The van der Waals surface area contributed by atoms with E-state index >= 15 is 0 Å². The molecule has 0 amide bonds. The van der Waals surface area contributed by atoms with Crippen LogP contribution in [0.5, 0.6) is 0 Å². The van der Waals surface area contributed by atoms with Gasteiger partial charge in [0.05, 0.1) is 0 Å². The number of nitrogens with one attached hydrogen (secondary N) is 1.